The van der Waals surface area contributed by atoms with Crippen LogP contribution in [0.1, 0.15) is 68.1 Å². The minimum absolute atomic E-state index is 0.502. The number of hydrogen-bond acceptors (Lipinski definition) is 0. The van der Waals surface area contributed by atoms with Crippen molar-refractivity contribution in [1.29, 1.82) is 0 Å². The van der Waals surface area contributed by atoms with Gasteiger partial charge in [0.15, 0.2) is 0 Å². The molecule has 0 radical (unpaired) electrons. The molecule has 2 aromatic rings. The Morgan fingerprint density at radius 3 is 2.43 bits per heavy atom. The van der Waals surface area contributed by atoms with E-state index in [4.69, 9.17) is 0 Å². The summed E-state index contributed by atoms with van der Waals surface area (Å²) in [4.78, 5) is 0. The fraction of sp³-hybridized carbons (Fsp3) is 0.500. The van der Waals surface area contributed by atoms with E-state index in [2.05, 4.69) is 19.1 Å². The Kier molecular flexibility index (Phi) is 5.24. The van der Waals surface area contributed by atoms with Gasteiger partial charge in [0, 0.05) is 0 Å². The smallest absolute Gasteiger partial charge is 0.206 e. The van der Waals surface area contributed by atoms with Crippen molar-refractivity contribution in [3.8, 4) is 11.1 Å². The molecule has 0 saturated heterocycles. The van der Waals surface area contributed by atoms with Crippen LogP contribution in [0, 0.1) is 17.7 Å². The Morgan fingerprint density at radius 2 is 1.71 bits per heavy atom. The third kappa shape index (κ3) is 3.70. The second-order valence-electron chi connectivity index (χ2n) is 8.48. The van der Waals surface area contributed by atoms with Crippen LogP contribution in [0.5, 0.6) is 0 Å². The largest absolute Gasteiger partial charge is 0.419 e. The molecule has 2 aromatic carbocycles. The zero-order valence-electron chi connectivity index (χ0n) is 16.2. The van der Waals surface area contributed by atoms with Gasteiger partial charge in [0.05, 0.1) is 5.56 Å². The van der Waals surface area contributed by atoms with Crippen molar-refractivity contribution < 1.29 is 17.6 Å². The number of alkyl halides is 3. The first-order valence-corrected chi connectivity index (χ1v) is 10.4. The number of hydrogen-bond donors (Lipinski definition) is 0. The first-order chi connectivity index (χ1) is 13.4. The van der Waals surface area contributed by atoms with Crippen LogP contribution >= 0.6 is 0 Å². The number of fused-ring (bicyclic) bond motifs is 3. The molecule has 4 heteroatoms. The van der Waals surface area contributed by atoms with Gasteiger partial charge in [0.1, 0.15) is 5.82 Å². The molecule has 0 aliphatic heterocycles. The van der Waals surface area contributed by atoms with Crippen LogP contribution in [0.3, 0.4) is 0 Å². The van der Waals surface area contributed by atoms with Gasteiger partial charge in [-0.1, -0.05) is 44.0 Å². The van der Waals surface area contributed by atoms with Crippen LogP contribution in [0.4, 0.5) is 17.6 Å². The van der Waals surface area contributed by atoms with Gasteiger partial charge in [0.25, 0.3) is 0 Å². The van der Waals surface area contributed by atoms with Gasteiger partial charge in [-0.3, -0.25) is 0 Å². The van der Waals surface area contributed by atoms with Crippen molar-refractivity contribution in [1.82, 2.24) is 0 Å². The predicted octanol–water partition coefficient (Wildman–Crippen LogP) is 7.76. The molecule has 1 fully saturated rings. The Balaban J connectivity index is 1.59. The molecule has 2 aliphatic carbocycles. The molecule has 0 N–H and O–H groups in total. The van der Waals surface area contributed by atoms with E-state index in [1.165, 1.54) is 55.7 Å². The van der Waals surface area contributed by atoms with Crippen LogP contribution in [0.2, 0.25) is 0 Å². The minimum atomic E-state index is -4.66. The van der Waals surface area contributed by atoms with E-state index in [-0.39, 0.29) is 0 Å². The molecule has 3 atom stereocenters. The maximum atomic E-state index is 14.0. The summed E-state index contributed by atoms with van der Waals surface area (Å²) < 4.78 is 52.4. The molecule has 0 spiro atoms. The molecule has 0 bridgehead atoms. The van der Waals surface area contributed by atoms with Gasteiger partial charge in [-0.2, -0.15) is 13.2 Å². The second kappa shape index (κ2) is 7.53. The number of rotatable bonds is 3. The third-order valence-electron chi connectivity index (χ3n) is 6.72. The fourth-order valence-electron chi connectivity index (χ4n) is 5.39. The topological polar surface area (TPSA) is 0 Å². The molecule has 4 rings (SSSR count). The molecule has 2 aliphatic rings. The van der Waals surface area contributed by atoms with Crippen LogP contribution in [-0.4, -0.2) is 0 Å². The van der Waals surface area contributed by atoms with E-state index in [1.807, 2.05) is 6.07 Å². The van der Waals surface area contributed by atoms with E-state index in [0.29, 0.717) is 11.5 Å². The predicted molar refractivity (Wildman–Crippen MR) is 104 cm³/mol. The highest BCUT2D eigenvalue weighted by Crippen LogP contribution is 2.48. The average Bonchev–Trinajstić information content (AvgIpc) is 2.66. The zero-order chi connectivity index (χ0) is 19.9. The summed E-state index contributed by atoms with van der Waals surface area (Å²) in [6.45, 7) is 2.26. The maximum absolute atomic E-state index is 14.0. The highest BCUT2D eigenvalue weighted by molar-refractivity contribution is 5.66. The lowest BCUT2D eigenvalue weighted by molar-refractivity contribution is -0.139. The van der Waals surface area contributed by atoms with Gasteiger partial charge >= 0.3 is 6.18 Å². The molecular weight excluding hydrogens is 364 g/mol. The van der Waals surface area contributed by atoms with Crippen LogP contribution < -0.4 is 0 Å². The summed E-state index contributed by atoms with van der Waals surface area (Å²) in [6.07, 6.45) is 3.96. The van der Waals surface area contributed by atoms with Crippen molar-refractivity contribution >= 4 is 0 Å². The van der Waals surface area contributed by atoms with Crippen LogP contribution in [0.25, 0.3) is 11.1 Å². The number of benzene rings is 2. The highest BCUT2D eigenvalue weighted by Gasteiger charge is 2.36. The molecule has 150 valence electrons. The lowest BCUT2D eigenvalue weighted by Crippen LogP contribution is -2.28. The first-order valence-electron chi connectivity index (χ1n) is 10.4. The van der Waals surface area contributed by atoms with Crippen molar-refractivity contribution in [2.24, 2.45) is 11.8 Å². The van der Waals surface area contributed by atoms with Crippen molar-refractivity contribution in [2.45, 2.75) is 64.0 Å². The summed E-state index contributed by atoms with van der Waals surface area (Å²) >= 11 is 0. The van der Waals surface area contributed by atoms with Crippen molar-refractivity contribution in [3.63, 3.8) is 0 Å². The summed E-state index contributed by atoms with van der Waals surface area (Å²) in [5.74, 6) is 1.02. The molecule has 0 heterocycles. The highest BCUT2D eigenvalue weighted by atomic mass is 19.4. The van der Waals surface area contributed by atoms with Gasteiger partial charge < -0.3 is 0 Å². The molecule has 0 unspecified atom stereocenters. The van der Waals surface area contributed by atoms with Crippen LogP contribution in [0.15, 0.2) is 36.4 Å². The van der Waals surface area contributed by atoms with Gasteiger partial charge in [0.2, 0.25) is 0 Å². The monoisotopic (exact) mass is 390 g/mol. The minimum Gasteiger partial charge on any atom is -0.206 e. The first kappa shape index (κ1) is 19.5. The number of aryl methyl sites for hydroxylation is 1. The lowest BCUT2D eigenvalue weighted by Gasteiger charge is -2.40. The fourth-order valence-corrected chi connectivity index (χ4v) is 5.39. The molecule has 28 heavy (non-hydrogen) atoms. The molecule has 0 nitrogen and oxygen atoms in total. The average molecular weight is 390 g/mol. The van der Waals surface area contributed by atoms with Gasteiger partial charge in [-0.05, 0) is 84.2 Å². The Bertz CT molecular complexity index is 852. The SMILES string of the molecule is CCC[C@@H]1CC[C@@H]2c3ccc(-c4ccc(C(F)(F)F)c(F)c4)cc3CC[C@@H]2C1. The standard InChI is InChI=1S/C24H26F4/c1-2-3-15-4-9-20-18(12-15)5-6-19-13-16(7-10-21(19)20)17-8-11-22(23(25)14-17)24(26,27)28/h7-8,10-11,13-15,18,20H,2-6,9,12H2,1H3/t15-,18-,20+/m1/s1. The molecule has 1 saturated carbocycles. The zero-order valence-corrected chi connectivity index (χ0v) is 16.2. The lowest BCUT2D eigenvalue weighted by atomic mass is 9.64. The van der Waals surface area contributed by atoms with Crippen molar-refractivity contribution in [3.05, 3.63) is 58.9 Å². The Labute approximate surface area is 164 Å². The molecular formula is C24H26F4. The number of halogens is 4. The molecule has 0 amide bonds. The third-order valence-corrected chi connectivity index (χ3v) is 6.72. The van der Waals surface area contributed by atoms with Crippen LogP contribution in [-0.2, 0) is 12.6 Å². The van der Waals surface area contributed by atoms with Gasteiger partial charge in [-0.25, -0.2) is 4.39 Å². The van der Waals surface area contributed by atoms with E-state index in [9.17, 15) is 17.6 Å². The van der Waals surface area contributed by atoms with E-state index in [1.54, 1.807) is 0 Å². The van der Waals surface area contributed by atoms with E-state index in [0.717, 1.165) is 36.0 Å². The van der Waals surface area contributed by atoms with E-state index >= 15 is 0 Å². The summed E-state index contributed by atoms with van der Waals surface area (Å²) in [7, 11) is 0. The summed E-state index contributed by atoms with van der Waals surface area (Å²) in [5.41, 5.74) is 2.78. The summed E-state index contributed by atoms with van der Waals surface area (Å²) in [5, 5.41) is 0. The quantitative estimate of drug-likeness (QED) is 0.470. The second-order valence-corrected chi connectivity index (χ2v) is 8.48. The van der Waals surface area contributed by atoms with Crippen molar-refractivity contribution in [2.75, 3.05) is 0 Å². The normalized spacial score (nSPS) is 24.5. The Morgan fingerprint density at radius 1 is 0.964 bits per heavy atom. The summed E-state index contributed by atoms with van der Waals surface area (Å²) in [6, 6.07) is 9.36. The van der Waals surface area contributed by atoms with Gasteiger partial charge in [-0.15, -0.1) is 0 Å². The van der Waals surface area contributed by atoms with E-state index < -0.39 is 17.6 Å². The molecule has 0 aromatic heterocycles. The maximum Gasteiger partial charge on any atom is 0.419 e. The Hall–Kier alpha value is -1.84.